The molecule has 4 nitrogen and oxygen atoms in total. The van der Waals surface area contributed by atoms with Crippen LogP contribution in [0, 0.1) is 5.92 Å². The molecule has 1 amide bonds. The number of hydrogen-bond acceptors (Lipinski definition) is 3. The van der Waals surface area contributed by atoms with Crippen molar-refractivity contribution in [2.75, 3.05) is 6.54 Å². The van der Waals surface area contributed by atoms with Gasteiger partial charge < -0.3 is 11.1 Å². The zero-order chi connectivity index (χ0) is 17.6. The van der Waals surface area contributed by atoms with Gasteiger partial charge in [0.2, 0.25) is 5.91 Å². The number of amides is 1. The SMILES string of the molecule is CC1CCCCN1Cc1ccc(CNC(=O)C[C@@H]2CCC[C@H]2N)cc1. The number of rotatable bonds is 6. The summed E-state index contributed by atoms with van der Waals surface area (Å²) < 4.78 is 0. The molecule has 3 rings (SSSR count). The maximum Gasteiger partial charge on any atom is 0.220 e. The van der Waals surface area contributed by atoms with E-state index in [2.05, 4.69) is 41.4 Å². The second-order valence-corrected chi connectivity index (χ2v) is 7.97. The molecule has 1 aromatic rings. The molecule has 3 atom stereocenters. The van der Waals surface area contributed by atoms with Gasteiger partial charge in [-0.2, -0.15) is 0 Å². The van der Waals surface area contributed by atoms with Crippen molar-refractivity contribution in [3.63, 3.8) is 0 Å². The molecule has 3 N–H and O–H groups in total. The lowest BCUT2D eigenvalue weighted by Gasteiger charge is -2.33. The molecule has 138 valence electrons. The molecule has 1 aliphatic heterocycles. The third kappa shape index (κ3) is 5.29. The van der Waals surface area contributed by atoms with Gasteiger partial charge in [-0.05, 0) is 56.2 Å². The Bertz CT molecular complexity index is 557. The number of carbonyl (C=O) groups is 1. The van der Waals surface area contributed by atoms with Gasteiger partial charge in [0, 0.05) is 31.6 Å². The second-order valence-electron chi connectivity index (χ2n) is 7.97. The van der Waals surface area contributed by atoms with Gasteiger partial charge in [-0.25, -0.2) is 0 Å². The van der Waals surface area contributed by atoms with Crippen molar-refractivity contribution in [3.05, 3.63) is 35.4 Å². The van der Waals surface area contributed by atoms with Crippen LogP contribution in [0.15, 0.2) is 24.3 Å². The summed E-state index contributed by atoms with van der Waals surface area (Å²) in [5.74, 6) is 0.502. The van der Waals surface area contributed by atoms with Crippen molar-refractivity contribution in [1.29, 1.82) is 0 Å². The minimum Gasteiger partial charge on any atom is -0.352 e. The lowest BCUT2D eigenvalue weighted by Crippen LogP contribution is -2.36. The van der Waals surface area contributed by atoms with Crippen LogP contribution in [0.2, 0.25) is 0 Å². The minimum atomic E-state index is 0.133. The summed E-state index contributed by atoms with van der Waals surface area (Å²) in [6.07, 6.45) is 7.89. The van der Waals surface area contributed by atoms with Crippen LogP contribution in [0.4, 0.5) is 0 Å². The molecule has 0 aromatic heterocycles. The highest BCUT2D eigenvalue weighted by atomic mass is 16.1. The lowest BCUT2D eigenvalue weighted by atomic mass is 10.00. The van der Waals surface area contributed by atoms with E-state index in [-0.39, 0.29) is 11.9 Å². The van der Waals surface area contributed by atoms with Crippen LogP contribution in [-0.2, 0) is 17.9 Å². The van der Waals surface area contributed by atoms with Crippen LogP contribution in [-0.4, -0.2) is 29.4 Å². The fraction of sp³-hybridized carbons (Fsp3) is 0.667. The van der Waals surface area contributed by atoms with Gasteiger partial charge >= 0.3 is 0 Å². The molecule has 2 fully saturated rings. The molecule has 1 saturated heterocycles. The van der Waals surface area contributed by atoms with E-state index in [9.17, 15) is 4.79 Å². The first kappa shape index (κ1) is 18.4. The average molecular weight is 344 g/mol. The average Bonchev–Trinajstić information content (AvgIpc) is 3.01. The molecule has 0 spiro atoms. The van der Waals surface area contributed by atoms with Crippen molar-refractivity contribution in [3.8, 4) is 0 Å². The quantitative estimate of drug-likeness (QED) is 0.834. The summed E-state index contributed by atoms with van der Waals surface area (Å²) in [4.78, 5) is 14.7. The van der Waals surface area contributed by atoms with E-state index in [4.69, 9.17) is 5.73 Å². The zero-order valence-electron chi connectivity index (χ0n) is 15.5. The predicted molar refractivity (Wildman–Crippen MR) is 102 cm³/mol. The Labute approximate surface area is 152 Å². The van der Waals surface area contributed by atoms with E-state index in [1.54, 1.807) is 0 Å². The molecule has 1 heterocycles. The van der Waals surface area contributed by atoms with Gasteiger partial charge in [-0.15, -0.1) is 0 Å². The van der Waals surface area contributed by atoms with Crippen molar-refractivity contribution in [1.82, 2.24) is 10.2 Å². The first-order valence-corrected chi connectivity index (χ1v) is 9.96. The van der Waals surface area contributed by atoms with E-state index >= 15 is 0 Å². The summed E-state index contributed by atoms with van der Waals surface area (Å²) in [6.45, 7) is 5.19. The number of hydrogen-bond donors (Lipinski definition) is 2. The normalized spacial score (nSPS) is 27.4. The van der Waals surface area contributed by atoms with Crippen molar-refractivity contribution in [2.45, 2.75) is 77.0 Å². The molecular formula is C21H33N3O. The fourth-order valence-electron chi connectivity index (χ4n) is 4.22. The summed E-state index contributed by atoms with van der Waals surface area (Å²) in [5.41, 5.74) is 8.58. The number of likely N-dealkylation sites (tertiary alicyclic amines) is 1. The first-order chi connectivity index (χ1) is 12.1. The Morgan fingerprint density at radius 2 is 1.88 bits per heavy atom. The van der Waals surface area contributed by atoms with Crippen LogP contribution < -0.4 is 11.1 Å². The van der Waals surface area contributed by atoms with E-state index in [1.807, 2.05) is 0 Å². The molecule has 1 saturated carbocycles. The summed E-state index contributed by atoms with van der Waals surface area (Å²) in [6, 6.07) is 9.60. The van der Waals surface area contributed by atoms with Gasteiger partial charge in [0.1, 0.15) is 0 Å². The van der Waals surface area contributed by atoms with E-state index in [0.29, 0.717) is 24.9 Å². The Kier molecular flexibility index (Phi) is 6.49. The Hall–Kier alpha value is -1.39. The van der Waals surface area contributed by atoms with Crippen LogP contribution in [0.25, 0.3) is 0 Å². The Morgan fingerprint density at radius 1 is 1.12 bits per heavy atom. The van der Waals surface area contributed by atoms with Crippen LogP contribution in [0.5, 0.6) is 0 Å². The highest BCUT2D eigenvalue weighted by molar-refractivity contribution is 5.76. The number of nitrogens with one attached hydrogen (secondary N) is 1. The van der Waals surface area contributed by atoms with Gasteiger partial charge in [-0.3, -0.25) is 9.69 Å². The molecule has 1 unspecified atom stereocenters. The van der Waals surface area contributed by atoms with E-state index in [0.717, 1.165) is 25.8 Å². The number of nitrogens with zero attached hydrogens (tertiary/aromatic N) is 1. The maximum atomic E-state index is 12.1. The third-order valence-corrected chi connectivity index (χ3v) is 6.00. The minimum absolute atomic E-state index is 0.133. The van der Waals surface area contributed by atoms with Crippen molar-refractivity contribution >= 4 is 5.91 Å². The molecular weight excluding hydrogens is 310 g/mol. The van der Waals surface area contributed by atoms with Crippen molar-refractivity contribution < 1.29 is 4.79 Å². The number of piperidine rings is 1. The molecule has 0 bridgehead atoms. The van der Waals surface area contributed by atoms with Crippen LogP contribution >= 0.6 is 0 Å². The topological polar surface area (TPSA) is 58.4 Å². The van der Waals surface area contributed by atoms with Crippen LogP contribution in [0.1, 0.15) is 63.0 Å². The summed E-state index contributed by atoms with van der Waals surface area (Å²) >= 11 is 0. The van der Waals surface area contributed by atoms with Gasteiger partial charge in [0.05, 0.1) is 0 Å². The predicted octanol–water partition coefficient (Wildman–Crippen LogP) is 3.19. The number of carbonyl (C=O) groups excluding carboxylic acids is 1. The van der Waals surface area contributed by atoms with Crippen LogP contribution in [0.3, 0.4) is 0 Å². The summed E-state index contributed by atoms with van der Waals surface area (Å²) in [7, 11) is 0. The first-order valence-electron chi connectivity index (χ1n) is 9.96. The van der Waals surface area contributed by atoms with E-state index in [1.165, 1.54) is 36.9 Å². The summed E-state index contributed by atoms with van der Waals surface area (Å²) in [5, 5.41) is 3.05. The van der Waals surface area contributed by atoms with Crippen molar-refractivity contribution in [2.24, 2.45) is 11.7 Å². The molecule has 4 heteroatoms. The monoisotopic (exact) mass is 343 g/mol. The smallest absolute Gasteiger partial charge is 0.220 e. The highest BCUT2D eigenvalue weighted by Crippen LogP contribution is 2.26. The van der Waals surface area contributed by atoms with Gasteiger partial charge in [-0.1, -0.05) is 37.1 Å². The molecule has 2 aliphatic rings. The highest BCUT2D eigenvalue weighted by Gasteiger charge is 2.25. The lowest BCUT2D eigenvalue weighted by molar-refractivity contribution is -0.122. The third-order valence-electron chi connectivity index (χ3n) is 6.00. The zero-order valence-corrected chi connectivity index (χ0v) is 15.5. The molecule has 1 aromatic carbocycles. The molecule has 1 aliphatic carbocycles. The standard InChI is InChI=1S/C21H33N3O/c1-16-5-2-3-12-24(16)15-18-10-8-17(9-11-18)14-23-21(25)13-19-6-4-7-20(19)22/h8-11,16,19-20H,2-7,12-15,22H2,1H3,(H,23,25)/t16?,19-,20+/m0/s1. The maximum absolute atomic E-state index is 12.1. The van der Waals surface area contributed by atoms with E-state index < -0.39 is 0 Å². The van der Waals surface area contributed by atoms with Gasteiger partial charge in [0.15, 0.2) is 0 Å². The molecule has 0 radical (unpaired) electrons. The van der Waals surface area contributed by atoms with Gasteiger partial charge in [0.25, 0.3) is 0 Å². The number of benzene rings is 1. The number of nitrogens with two attached hydrogens (primary N) is 1. The second kappa shape index (κ2) is 8.81. The molecule has 25 heavy (non-hydrogen) atoms. The Balaban J connectivity index is 1.43. The fourth-order valence-corrected chi connectivity index (χ4v) is 4.22. The largest absolute Gasteiger partial charge is 0.352 e. The Morgan fingerprint density at radius 3 is 2.56 bits per heavy atom.